The maximum atomic E-state index is 13.2. The monoisotopic (exact) mass is 549 g/mol. The van der Waals surface area contributed by atoms with Crippen LogP contribution in [0.15, 0.2) is 36.8 Å². The second-order valence-corrected chi connectivity index (χ2v) is 10.7. The summed E-state index contributed by atoms with van der Waals surface area (Å²) in [6.07, 6.45) is -0.847. The van der Waals surface area contributed by atoms with E-state index >= 15 is 0 Å². The first-order valence-electron chi connectivity index (χ1n) is 12.3. The number of aryl methyl sites for hydroxylation is 1. The van der Waals surface area contributed by atoms with Crippen LogP contribution in [0.4, 0.5) is 13.2 Å². The molecule has 3 aromatic rings. The van der Waals surface area contributed by atoms with E-state index in [1.165, 1.54) is 11.3 Å². The number of morpholine rings is 1. The summed E-state index contributed by atoms with van der Waals surface area (Å²) >= 11 is 1.50. The fourth-order valence-electron chi connectivity index (χ4n) is 4.00. The van der Waals surface area contributed by atoms with Crippen LogP contribution in [0.3, 0.4) is 0 Å². The molecule has 1 fully saturated rings. The van der Waals surface area contributed by atoms with Gasteiger partial charge in [0, 0.05) is 59.3 Å². The largest absolute Gasteiger partial charge is 0.491 e. The molecule has 1 amide bonds. The number of carbonyl (C=O) groups is 1. The van der Waals surface area contributed by atoms with E-state index in [4.69, 9.17) is 9.47 Å². The van der Waals surface area contributed by atoms with Gasteiger partial charge in [0.05, 0.1) is 12.6 Å². The molecule has 204 valence electrons. The number of benzene rings is 1. The lowest BCUT2D eigenvalue weighted by Gasteiger charge is -2.35. The van der Waals surface area contributed by atoms with E-state index < -0.39 is 23.9 Å². The smallest absolute Gasteiger partial charge is 0.451 e. The van der Waals surface area contributed by atoms with Gasteiger partial charge < -0.3 is 14.8 Å². The van der Waals surface area contributed by atoms with E-state index in [9.17, 15) is 18.0 Å². The summed E-state index contributed by atoms with van der Waals surface area (Å²) in [5, 5.41) is 3.54. The van der Waals surface area contributed by atoms with Crippen molar-refractivity contribution in [2.45, 2.75) is 52.1 Å². The Bertz CT molecular complexity index is 1250. The highest BCUT2D eigenvalue weighted by molar-refractivity contribution is 7.14. The zero-order chi connectivity index (χ0) is 27.4. The summed E-state index contributed by atoms with van der Waals surface area (Å²) in [6.45, 7) is 10.5. The molecule has 0 spiro atoms. The zero-order valence-electron chi connectivity index (χ0n) is 21.6. The molecule has 1 aromatic carbocycles. The number of alkyl halides is 3. The molecule has 0 radical (unpaired) electrons. The first-order valence-corrected chi connectivity index (χ1v) is 13.1. The van der Waals surface area contributed by atoms with Crippen molar-refractivity contribution < 1.29 is 27.4 Å². The maximum Gasteiger partial charge on any atom is 0.451 e. The van der Waals surface area contributed by atoms with Crippen molar-refractivity contribution in [3.8, 4) is 16.3 Å². The van der Waals surface area contributed by atoms with E-state index in [2.05, 4.69) is 39.0 Å². The van der Waals surface area contributed by atoms with Crippen molar-refractivity contribution in [1.82, 2.24) is 25.2 Å². The summed E-state index contributed by atoms with van der Waals surface area (Å²) < 4.78 is 50.3. The van der Waals surface area contributed by atoms with Crippen molar-refractivity contribution in [3.63, 3.8) is 0 Å². The molecule has 1 unspecified atom stereocenters. The summed E-state index contributed by atoms with van der Waals surface area (Å²) in [7, 11) is 0. The number of nitrogens with one attached hydrogen (secondary N) is 1. The number of aromatic nitrogens is 3. The molecular weight excluding hydrogens is 519 g/mol. The molecule has 1 N–H and O–H groups in total. The van der Waals surface area contributed by atoms with Crippen LogP contribution in [0.5, 0.6) is 5.75 Å². The summed E-state index contributed by atoms with van der Waals surface area (Å²) in [4.78, 5) is 27.7. The molecule has 0 bridgehead atoms. The average molecular weight is 550 g/mol. The van der Waals surface area contributed by atoms with Crippen LogP contribution in [0.2, 0.25) is 0 Å². The Morgan fingerprint density at radius 2 is 1.92 bits per heavy atom. The van der Waals surface area contributed by atoms with Crippen LogP contribution < -0.4 is 10.1 Å². The second-order valence-electron chi connectivity index (χ2n) is 9.45. The molecule has 4 rings (SSSR count). The van der Waals surface area contributed by atoms with Gasteiger partial charge in [0.2, 0.25) is 5.82 Å². The molecule has 8 nitrogen and oxygen atoms in total. The summed E-state index contributed by atoms with van der Waals surface area (Å²) in [5.41, 5.74) is 1.40. The minimum Gasteiger partial charge on any atom is -0.491 e. The molecule has 2 aromatic heterocycles. The fraction of sp³-hybridized carbons (Fsp3) is 0.462. The highest BCUT2D eigenvalue weighted by Gasteiger charge is 2.34. The Hall–Kier alpha value is -3.09. The number of ether oxygens (including phenoxy) is 2. The van der Waals surface area contributed by atoms with Crippen LogP contribution in [-0.4, -0.2) is 64.2 Å². The van der Waals surface area contributed by atoms with Gasteiger partial charge in [-0.05, 0) is 45.9 Å². The van der Waals surface area contributed by atoms with Gasteiger partial charge >= 0.3 is 6.18 Å². The Kier molecular flexibility index (Phi) is 8.64. The van der Waals surface area contributed by atoms with Crippen molar-refractivity contribution in [3.05, 3.63) is 58.6 Å². The third-order valence-corrected chi connectivity index (χ3v) is 7.11. The van der Waals surface area contributed by atoms with Gasteiger partial charge in [-0.15, -0.1) is 11.3 Å². The lowest BCUT2D eigenvalue weighted by atomic mass is 10.1. The van der Waals surface area contributed by atoms with Crippen LogP contribution in [0.25, 0.3) is 10.6 Å². The summed E-state index contributed by atoms with van der Waals surface area (Å²) in [6, 6.07) is 4.97. The van der Waals surface area contributed by atoms with Gasteiger partial charge in [0.1, 0.15) is 23.5 Å². The maximum absolute atomic E-state index is 13.2. The Balaban J connectivity index is 1.51. The van der Waals surface area contributed by atoms with Crippen molar-refractivity contribution in [1.29, 1.82) is 0 Å². The lowest BCUT2D eigenvalue weighted by molar-refractivity contribution is -0.145. The van der Waals surface area contributed by atoms with E-state index in [1.807, 2.05) is 13.0 Å². The highest BCUT2D eigenvalue weighted by Crippen LogP contribution is 2.30. The Morgan fingerprint density at radius 1 is 1.18 bits per heavy atom. The van der Waals surface area contributed by atoms with E-state index in [0.29, 0.717) is 36.1 Å². The average Bonchev–Trinajstić information content (AvgIpc) is 3.33. The lowest BCUT2D eigenvalue weighted by Crippen LogP contribution is -2.47. The fourth-order valence-corrected chi connectivity index (χ4v) is 4.75. The van der Waals surface area contributed by atoms with Gasteiger partial charge in [0.25, 0.3) is 5.91 Å². The Labute approximate surface area is 223 Å². The van der Waals surface area contributed by atoms with Crippen LogP contribution >= 0.6 is 11.3 Å². The van der Waals surface area contributed by atoms with Crippen molar-refractivity contribution >= 4 is 17.2 Å². The normalized spacial score (nSPS) is 17.4. The molecule has 0 saturated carbocycles. The predicted octanol–water partition coefficient (Wildman–Crippen LogP) is 4.91. The third-order valence-electron chi connectivity index (χ3n) is 6.15. The molecule has 2 atom stereocenters. The van der Waals surface area contributed by atoms with Crippen molar-refractivity contribution in [2.24, 2.45) is 0 Å². The predicted molar refractivity (Wildman–Crippen MR) is 137 cm³/mol. The topological polar surface area (TPSA) is 89.5 Å². The SMILES string of the molecule is Cc1cnc(-c2cc(OC[C@H]3CN(C(C)C)CCO3)cc(C(=O)NC(C)c3cnc(C(F)(F)F)nc3)c2)s1. The number of amides is 1. The van der Waals surface area contributed by atoms with E-state index in [-0.39, 0.29) is 6.10 Å². The first-order chi connectivity index (χ1) is 18.0. The third kappa shape index (κ3) is 7.06. The summed E-state index contributed by atoms with van der Waals surface area (Å²) in [5.74, 6) is -1.15. The van der Waals surface area contributed by atoms with Gasteiger partial charge in [-0.2, -0.15) is 13.2 Å². The number of halogens is 3. The molecule has 38 heavy (non-hydrogen) atoms. The number of hydrogen-bond donors (Lipinski definition) is 1. The second kappa shape index (κ2) is 11.7. The quantitative estimate of drug-likeness (QED) is 0.427. The van der Waals surface area contributed by atoms with Crippen LogP contribution in [-0.2, 0) is 10.9 Å². The number of thiazole rings is 1. The van der Waals surface area contributed by atoms with E-state index in [0.717, 1.165) is 40.9 Å². The van der Waals surface area contributed by atoms with Crippen LogP contribution in [0, 0.1) is 6.92 Å². The van der Waals surface area contributed by atoms with Gasteiger partial charge in [0.15, 0.2) is 0 Å². The Morgan fingerprint density at radius 3 is 2.55 bits per heavy atom. The van der Waals surface area contributed by atoms with Crippen LogP contribution in [0.1, 0.15) is 53.4 Å². The minimum atomic E-state index is -4.63. The molecular formula is C26H30F3N5O3S. The van der Waals surface area contributed by atoms with E-state index in [1.54, 1.807) is 25.3 Å². The molecule has 12 heteroatoms. The molecule has 1 aliphatic rings. The molecule has 0 aliphatic carbocycles. The zero-order valence-corrected chi connectivity index (χ0v) is 22.4. The first kappa shape index (κ1) is 27.9. The van der Waals surface area contributed by atoms with Gasteiger partial charge in [-0.3, -0.25) is 9.69 Å². The number of hydrogen-bond acceptors (Lipinski definition) is 8. The molecule has 1 aliphatic heterocycles. The number of carbonyl (C=O) groups excluding carboxylic acids is 1. The minimum absolute atomic E-state index is 0.103. The standard InChI is InChI=1S/C26H30F3N5O3S/c1-15(2)34-5-6-36-22(13-34)14-37-21-8-18(7-19(9-21)24-30-10-16(3)38-24)23(35)33-17(4)20-11-31-25(32-12-20)26(27,28)29/h7-12,15,17,22H,5-6,13-14H2,1-4H3,(H,33,35)/t17?,22-/m1/s1. The molecule has 1 saturated heterocycles. The van der Waals surface area contributed by atoms with Gasteiger partial charge in [-0.25, -0.2) is 15.0 Å². The highest BCUT2D eigenvalue weighted by atomic mass is 32.1. The number of nitrogens with zero attached hydrogens (tertiary/aromatic N) is 4. The van der Waals surface area contributed by atoms with Gasteiger partial charge in [-0.1, -0.05) is 0 Å². The number of rotatable bonds is 8. The van der Waals surface area contributed by atoms with Crippen molar-refractivity contribution in [2.75, 3.05) is 26.3 Å². The molecule has 3 heterocycles.